The van der Waals surface area contributed by atoms with Gasteiger partial charge in [0.1, 0.15) is 53.2 Å². The normalized spacial score (nSPS) is 25.3. The van der Waals surface area contributed by atoms with Crippen molar-refractivity contribution in [2.24, 2.45) is 0 Å². The van der Waals surface area contributed by atoms with Gasteiger partial charge in [0, 0.05) is 17.7 Å². The second-order valence-electron chi connectivity index (χ2n) is 7.64. The minimum Gasteiger partial charge on any atom is -0.507 e. The molecule has 4 rings (SSSR count). The van der Waals surface area contributed by atoms with Gasteiger partial charge in [-0.05, 0) is 18.2 Å². The Kier molecular flexibility index (Phi) is 5.91. The molecule has 0 radical (unpaired) electrons. The third-order valence-electron chi connectivity index (χ3n) is 5.64. The summed E-state index contributed by atoms with van der Waals surface area (Å²) in [5.41, 5.74) is -1.08. The van der Waals surface area contributed by atoms with Crippen LogP contribution in [0.4, 0.5) is 0 Å². The summed E-state index contributed by atoms with van der Waals surface area (Å²) in [6.07, 6.45) is -7.99. The van der Waals surface area contributed by atoms with Crippen LogP contribution in [0.3, 0.4) is 0 Å². The third kappa shape index (κ3) is 3.75. The Morgan fingerprint density at radius 1 is 0.939 bits per heavy atom. The minimum atomic E-state index is -1.78. The molecule has 0 saturated carbocycles. The highest BCUT2D eigenvalue weighted by Crippen LogP contribution is 2.44. The molecule has 0 aliphatic carbocycles. The first kappa shape index (κ1) is 22.8. The Bertz CT molecular complexity index is 1250. The van der Waals surface area contributed by atoms with E-state index in [1.807, 2.05) is 0 Å². The van der Waals surface area contributed by atoms with E-state index < -0.39 is 54.1 Å². The van der Waals surface area contributed by atoms with E-state index in [0.29, 0.717) is 0 Å². The maximum atomic E-state index is 12.8. The van der Waals surface area contributed by atoms with E-state index >= 15 is 0 Å². The first-order valence-corrected chi connectivity index (χ1v) is 9.88. The Morgan fingerprint density at radius 3 is 2.30 bits per heavy atom. The molecule has 1 aromatic heterocycles. The van der Waals surface area contributed by atoms with Gasteiger partial charge in [-0.3, -0.25) is 4.79 Å². The molecule has 0 spiro atoms. The number of hydrogen-bond donors (Lipinski definition) is 7. The van der Waals surface area contributed by atoms with Crippen molar-refractivity contribution in [3.05, 3.63) is 46.1 Å². The van der Waals surface area contributed by atoms with Gasteiger partial charge in [0.15, 0.2) is 22.5 Å². The molecule has 2 heterocycles. The molecule has 2 aromatic carbocycles. The second-order valence-corrected chi connectivity index (χ2v) is 7.64. The maximum Gasteiger partial charge on any atom is 0.197 e. The zero-order chi connectivity index (χ0) is 24.0. The van der Waals surface area contributed by atoms with Gasteiger partial charge in [0.2, 0.25) is 0 Å². The van der Waals surface area contributed by atoms with Gasteiger partial charge >= 0.3 is 0 Å². The molecule has 0 amide bonds. The summed E-state index contributed by atoms with van der Waals surface area (Å²) in [4.78, 5) is 12.8. The Hall–Kier alpha value is -3.35. The number of phenols is 3. The molecule has 3 aromatic rings. The predicted molar refractivity (Wildman–Crippen MR) is 112 cm³/mol. The molecule has 7 N–H and O–H groups in total. The number of phenolic OH excluding ortho intramolecular Hbond substituents is 3. The summed E-state index contributed by atoms with van der Waals surface area (Å²) in [6, 6.07) is 6.14. The number of aromatic hydroxyl groups is 3. The molecular weight excluding hydrogens is 440 g/mol. The zero-order valence-electron chi connectivity index (χ0n) is 17.2. The van der Waals surface area contributed by atoms with Gasteiger partial charge in [0.25, 0.3) is 0 Å². The maximum absolute atomic E-state index is 12.8. The van der Waals surface area contributed by atoms with Crippen molar-refractivity contribution in [2.45, 2.75) is 30.5 Å². The zero-order valence-corrected chi connectivity index (χ0v) is 17.2. The van der Waals surface area contributed by atoms with E-state index in [0.717, 1.165) is 12.1 Å². The smallest absolute Gasteiger partial charge is 0.197 e. The fraction of sp³-hybridized carbons (Fsp3) is 0.318. The summed E-state index contributed by atoms with van der Waals surface area (Å²) in [5.74, 6) is -1.33. The molecule has 0 bridgehead atoms. The van der Waals surface area contributed by atoms with Crippen LogP contribution in [0.15, 0.2) is 39.5 Å². The standard InChI is InChI=1S/C22H22O11/c1-31-13-3-2-8(4-9(13)24)14-6-12(27)16-10(25)5-11(26)17(21(16)32-14)22-20(30)19(29)18(28)15(7-23)33-22/h2-6,15,18-20,22-26,28-30H,7H2,1H3/t15?,18-,19+,20?,22+/m1/s1. The van der Waals surface area contributed by atoms with Crippen LogP contribution in [0.1, 0.15) is 11.7 Å². The second kappa shape index (κ2) is 8.54. The molecule has 1 aliphatic rings. The summed E-state index contributed by atoms with van der Waals surface area (Å²) < 4.78 is 16.3. The number of benzene rings is 2. The lowest BCUT2D eigenvalue weighted by Crippen LogP contribution is -2.55. The van der Waals surface area contributed by atoms with Crippen LogP contribution in [-0.4, -0.2) is 73.9 Å². The minimum absolute atomic E-state index is 0.0544. The number of aliphatic hydroxyl groups excluding tert-OH is 4. The quantitative estimate of drug-likeness (QED) is 0.278. The van der Waals surface area contributed by atoms with Gasteiger partial charge in [0.05, 0.1) is 19.3 Å². The molecule has 33 heavy (non-hydrogen) atoms. The van der Waals surface area contributed by atoms with Crippen LogP contribution >= 0.6 is 0 Å². The Balaban J connectivity index is 1.95. The van der Waals surface area contributed by atoms with Crippen molar-refractivity contribution >= 4 is 11.0 Å². The van der Waals surface area contributed by atoms with Gasteiger partial charge in [-0.1, -0.05) is 0 Å². The number of aliphatic hydroxyl groups is 4. The lowest BCUT2D eigenvalue weighted by molar-refractivity contribution is -0.231. The first-order valence-electron chi connectivity index (χ1n) is 9.88. The lowest BCUT2D eigenvalue weighted by atomic mass is 9.89. The highest BCUT2D eigenvalue weighted by Gasteiger charge is 2.46. The van der Waals surface area contributed by atoms with Crippen LogP contribution in [0.2, 0.25) is 0 Å². The van der Waals surface area contributed by atoms with Crippen molar-refractivity contribution in [2.75, 3.05) is 13.7 Å². The SMILES string of the molecule is COc1ccc(-c2cc(=O)c3c(O)cc(O)c([C@@H]4OC(CO)[C@@H](O)[C@H](O)C4O)c3o2)cc1O. The van der Waals surface area contributed by atoms with E-state index in [-0.39, 0.29) is 39.4 Å². The van der Waals surface area contributed by atoms with Crippen LogP contribution in [0, 0.1) is 0 Å². The Labute approximate surface area is 185 Å². The van der Waals surface area contributed by atoms with Crippen LogP contribution < -0.4 is 10.2 Å². The summed E-state index contributed by atoms with van der Waals surface area (Å²) in [6.45, 7) is -0.710. The monoisotopic (exact) mass is 462 g/mol. The number of hydrogen-bond acceptors (Lipinski definition) is 11. The van der Waals surface area contributed by atoms with Gasteiger partial charge in [-0.25, -0.2) is 0 Å². The molecule has 1 fully saturated rings. The van der Waals surface area contributed by atoms with E-state index in [4.69, 9.17) is 13.9 Å². The molecule has 2 unspecified atom stereocenters. The highest BCUT2D eigenvalue weighted by atomic mass is 16.5. The number of methoxy groups -OCH3 is 1. The van der Waals surface area contributed by atoms with Crippen LogP contribution in [0.5, 0.6) is 23.0 Å². The number of rotatable bonds is 4. The summed E-state index contributed by atoms with van der Waals surface area (Å²) >= 11 is 0. The summed E-state index contributed by atoms with van der Waals surface area (Å²) in [5, 5.41) is 70.8. The molecule has 5 atom stereocenters. The van der Waals surface area contributed by atoms with Crippen LogP contribution in [-0.2, 0) is 4.74 Å². The largest absolute Gasteiger partial charge is 0.507 e. The predicted octanol–water partition coefficient (Wildman–Crippen LogP) is 0.100. The number of fused-ring (bicyclic) bond motifs is 1. The van der Waals surface area contributed by atoms with Crippen molar-refractivity contribution < 1.29 is 49.6 Å². The van der Waals surface area contributed by atoms with Crippen molar-refractivity contribution in [1.29, 1.82) is 0 Å². The summed E-state index contributed by atoms with van der Waals surface area (Å²) in [7, 11) is 1.36. The molecule has 11 nitrogen and oxygen atoms in total. The topological polar surface area (TPSA) is 190 Å². The molecule has 11 heteroatoms. The molecular formula is C22H22O11. The highest BCUT2D eigenvalue weighted by molar-refractivity contribution is 5.89. The molecule has 1 saturated heterocycles. The third-order valence-corrected chi connectivity index (χ3v) is 5.64. The van der Waals surface area contributed by atoms with E-state index in [2.05, 4.69) is 0 Å². The van der Waals surface area contributed by atoms with Gasteiger partial charge in [-0.2, -0.15) is 0 Å². The Morgan fingerprint density at radius 2 is 1.67 bits per heavy atom. The average Bonchev–Trinajstić information content (AvgIpc) is 2.78. The van der Waals surface area contributed by atoms with E-state index in [1.54, 1.807) is 0 Å². The van der Waals surface area contributed by atoms with Crippen molar-refractivity contribution in [3.63, 3.8) is 0 Å². The van der Waals surface area contributed by atoms with Gasteiger partial charge < -0.3 is 49.6 Å². The molecule has 176 valence electrons. The van der Waals surface area contributed by atoms with Crippen molar-refractivity contribution in [1.82, 2.24) is 0 Å². The fourth-order valence-corrected chi connectivity index (χ4v) is 3.92. The first-order chi connectivity index (χ1) is 15.7. The van der Waals surface area contributed by atoms with Crippen LogP contribution in [0.25, 0.3) is 22.3 Å². The molecule has 1 aliphatic heterocycles. The van der Waals surface area contributed by atoms with Crippen molar-refractivity contribution in [3.8, 4) is 34.3 Å². The fourth-order valence-electron chi connectivity index (χ4n) is 3.92. The lowest BCUT2D eigenvalue weighted by Gasteiger charge is -2.40. The van der Waals surface area contributed by atoms with E-state index in [9.17, 15) is 40.5 Å². The number of ether oxygens (including phenoxy) is 2. The average molecular weight is 462 g/mol. The van der Waals surface area contributed by atoms with Gasteiger partial charge in [-0.15, -0.1) is 0 Å². The van der Waals surface area contributed by atoms with E-state index in [1.165, 1.54) is 25.3 Å².